The molecule has 0 unspecified atom stereocenters. The summed E-state index contributed by atoms with van der Waals surface area (Å²) in [6, 6.07) is 0. The molecule has 1 rings (SSSR count). The van der Waals surface area contributed by atoms with Crippen LogP contribution in [-0.2, 0) is 6.54 Å². The van der Waals surface area contributed by atoms with E-state index in [-0.39, 0.29) is 0 Å². The number of hydrogen-bond donors (Lipinski definition) is 0. The maximum absolute atomic E-state index is 4.47. The summed E-state index contributed by atoms with van der Waals surface area (Å²) in [7, 11) is 0. The first-order valence-corrected chi connectivity index (χ1v) is 4.72. The van der Waals surface area contributed by atoms with Crippen molar-refractivity contribution in [3.05, 3.63) is 29.6 Å². The Hall–Kier alpha value is -1.05. The second-order valence-corrected chi connectivity index (χ2v) is 3.71. The molecule has 0 saturated heterocycles. The Kier molecular flexibility index (Phi) is 2.91. The Bertz CT molecular complexity index is 308. The molecule has 0 fully saturated rings. The van der Waals surface area contributed by atoms with E-state index in [9.17, 15) is 0 Å². The van der Waals surface area contributed by atoms with Gasteiger partial charge in [-0.2, -0.15) is 5.10 Å². The van der Waals surface area contributed by atoms with E-state index >= 15 is 0 Å². The molecule has 0 radical (unpaired) electrons. The third kappa shape index (κ3) is 1.82. The molecule has 0 atom stereocenters. The second-order valence-electron chi connectivity index (χ2n) is 3.71. The molecule has 0 saturated carbocycles. The van der Waals surface area contributed by atoms with Crippen LogP contribution >= 0.6 is 0 Å². The van der Waals surface area contributed by atoms with E-state index in [0.29, 0.717) is 5.92 Å². The smallest absolute Gasteiger partial charge is 0.0631 e. The van der Waals surface area contributed by atoms with Crippen LogP contribution in [0.3, 0.4) is 0 Å². The highest BCUT2D eigenvalue weighted by Crippen LogP contribution is 2.22. The summed E-state index contributed by atoms with van der Waals surface area (Å²) in [5.74, 6) is 0.554. The zero-order valence-electron chi connectivity index (χ0n) is 8.96. The average molecular weight is 178 g/mol. The minimum absolute atomic E-state index is 0.554. The van der Waals surface area contributed by atoms with Crippen LogP contribution in [-0.4, -0.2) is 9.78 Å². The molecule has 13 heavy (non-hydrogen) atoms. The Labute approximate surface area is 80.3 Å². The molecular weight excluding hydrogens is 160 g/mol. The Morgan fingerprint density at radius 2 is 2.08 bits per heavy atom. The first-order chi connectivity index (χ1) is 6.07. The number of hydrogen-bond acceptors (Lipinski definition) is 1. The van der Waals surface area contributed by atoms with E-state index in [4.69, 9.17) is 0 Å². The van der Waals surface area contributed by atoms with Gasteiger partial charge in [-0.1, -0.05) is 19.9 Å². The molecule has 1 aromatic rings. The molecule has 0 amide bonds. The Morgan fingerprint density at radius 3 is 2.46 bits per heavy atom. The molecule has 2 heteroatoms. The van der Waals surface area contributed by atoms with Crippen molar-refractivity contribution in [2.75, 3.05) is 0 Å². The summed E-state index contributed by atoms with van der Waals surface area (Å²) in [6.07, 6.45) is 1.88. The lowest BCUT2D eigenvalue weighted by Crippen LogP contribution is -2.00. The number of aryl methyl sites for hydroxylation is 1. The molecule has 0 bridgehead atoms. The van der Waals surface area contributed by atoms with E-state index in [2.05, 4.69) is 39.4 Å². The molecule has 2 nitrogen and oxygen atoms in total. The molecule has 0 aliphatic rings. The van der Waals surface area contributed by atoms with E-state index in [0.717, 1.165) is 12.2 Å². The molecule has 0 spiro atoms. The van der Waals surface area contributed by atoms with Crippen LogP contribution in [0.1, 0.15) is 36.7 Å². The van der Waals surface area contributed by atoms with Gasteiger partial charge in [0.15, 0.2) is 0 Å². The van der Waals surface area contributed by atoms with E-state index in [1.807, 2.05) is 10.8 Å². The predicted octanol–water partition coefficient (Wildman–Crippen LogP) is 2.81. The van der Waals surface area contributed by atoms with Crippen LogP contribution in [0.15, 0.2) is 12.7 Å². The lowest BCUT2D eigenvalue weighted by Gasteiger charge is -2.05. The van der Waals surface area contributed by atoms with Gasteiger partial charge in [0.25, 0.3) is 0 Å². The minimum atomic E-state index is 0.554. The Balaban J connectivity index is 3.14. The first kappa shape index (κ1) is 10.0. The van der Waals surface area contributed by atoms with Crippen molar-refractivity contribution >= 4 is 0 Å². The topological polar surface area (TPSA) is 17.8 Å². The molecule has 0 aliphatic heterocycles. The average Bonchev–Trinajstić information content (AvgIpc) is 2.28. The fourth-order valence-electron chi connectivity index (χ4n) is 1.85. The van der Waals surface area contributed by atoms with Gasteiger partial charge in [0.1, 0.15) is 0 Å². The van der Waals surface area contributed by atoms with Crippen LogP contribution in [0.2, 0.25) is 0 Å². The van der Waals surface area contributed by atoms with Gasteiger partial charge >= 0.3 is 0 Å². The number of rotatable bonds is 3. The van der Waals surface area contributed by atoms with Crippen molar-refractivity contribution in [2.45, 2.75) is 40.2 Å². The van der Waals surface area contributed by atoms with Crippen LogP contribution in [0.4, 0.5) is 0 Å². The van der Waals surface area contributed by atoms with Crippen LogP contribution in [0.5, 0.6) is 0 Å². The van der Waals surface area contributed by atoms with Gasteiger partial charge in [0.05, 0.1) is 12.2 Å². The van der Waals surface area contributed by atoms with Crippen molar-refractivity contribution < 1.29 is 0 Å². The van der Waals surface area contributed by atoms with Crippen molar-refractivity contribution in [3.8, 4) is 0 Å². The van der Waals surface area contributed by atoms with Gasteiger partial charge < -0.3 is 0 Å². The van der Waals surface area contributed by atoms with Crippen LogP contribution in [0, 0.1) is 13.8 Å². The SMILES string of the molecule is C=CCn1nc(C)c(C(C)C)c1C. The van der Waals surface area contributed by atoms with Crippen molar-refractivity contribution in [2.24, 2.45) is 0 Å². The highest BCUT2D eigenvalue weighted by molar-refractivity contribution is 5.27. The minimum Gasteiger partial charge on any atom is -0.266 e. The summed E-state index contributed by atoms with van der Waals surface area (Å²) < 4.78 is 2.01. The van der Waals surface area contributed by atoms with Gasteiger partial charge in [-0.25, -0.2) is 0 Å². The normalized spacial score (nSPS) is 10.8. The van der Waals surface area contributed by atoms with Crippen molar-refractivity contribution in [1.82, 2.24) is 9.78 Å². The summed E-state index contributed by atoms with van der Waals surface area (Å²) in [5, 5.41) is 4.47. The van der Waals surface area contributed by atoms with Crippen LogP contribution in [0.25, 0.3) is 0 Å². The van der Waals surface area contributed by atoms with E-state index in [1.54, 1.807) is 0 Å². The lowest BCUT2D eigenvalue weighted by molar-refractivity contribution is 0.670. The third-order valence-electron chi connectivity index (χ3n) is 2.32. The zero-order valence-corrected chi connectivity index (χ0v) is 8.96. The summed E-state index contributed by atoms with van der Waals surface area (Å²) in [4.78, 5) is 0. The van der Waals surface area contributed by atoms with Crippen LogP contribution < -0.4 is 0 Å². The molecule has 72 valence electrons. The van der Waals surface area contributed by atoms with Gasteiger partial charge in [-0.15, -0.1) is 6.58 Å². The van der Waals surface area contributed by atoms with Gasteiger partial charge in [0, 0.05) is 5.69 Å². The number of allylic oxidation sites excluding steroid dienone is 1. The largest absolute Gasteiger partial charge is 0.266 e. The van der Waals surface area contributed by atoms with Gasteiger partial charge in [0.2, 0.25) is 0 Å². The fraction of sp³-hybridized carbons (Fsp3) is 0.545. The first-order valence-electron chi connectivity index (χ1n) is 4.72. The summed E-state index contributed by atoms with van der Waals surface area (Å²) in [5.41, 5.74) is 3.80. The molecule has 0 aliphatic carbocycles. The maximum Gasteiger partial charge on any atom is 0.0631 e. The van der Waals surface area contributed by atoms with Gasteiger partial charge in [-0.05, 0) is 25.3 Å². The maximum atomic E-state index is 4.47. The summed E-state index contributed by atoms with van der Waals surface area (Å²) in [6.45, 7) is 13.1. The molecule has 1 aromatic heterocycles. The lowest BCUT2D eigenvalue weighted by atomic mass is 10.0. The monoisotopic (exact) mass is 178 g/mol. The second kappa shape index (κ2) is 3.77. The molecule has 0 aromatic carbocycles. The molecule has 1 heterocycles. The van der Waals surface area contributed by atoms with Crippen molar-refractivity contribution in [3.63, 3.8) is 0 Å². The number of nitrogens with zero attached hydrogens (tertiary/aromatic N) is 2. The quantitative estimate of drug-likeness (QED) is 0.651. The van der Waals surface area contributed by atoms with Gasteiger partial charge in [-0.3, -0.25) is 4.68 Å². The Morgan fingerprint density at radius 1 is 1.46 bits per heavy atom. The molecule has 0 N–H and O–H groups in total. The third-order valence-corrected chi connectivity index (χ3v) is 2.32. The zero-order chi connectivity index (χ0) is 10.0. The fourth-order valence-corrected chi connectivity index (χ4v) is 1.85. The highest BCUT2D eigenvalue weighted by atomic mass is 15.3. The standard InChI is InChI=1S/C11H18N2/c1-6-7-13-10(5)11(8(2)3)9(4)12-13/h6,8H,1,7H2,2-5H3. The number of aromatic nitrogens is 2. The predicted molar refractivity (Wildman–Crippen MR) is 56.0 cm³/mol. The molecular formula is C11H18N2. The van der Waals surface area contributed by atoms with Crippen molar-refractivity contribution in [1.29, 1.82) is 0 Å². The highest BCUT2D eigenvalue weighted by Gasteiger charge is 2.12. The summed E-state index contributed by atoms with van der Waals surface area (Å²) >= 11 is 0. The van der Waals surface area contributed by atoms with E-state index in [1.165, 1.54) is 11.3 Å². The van der Waals surface area contributed by atoms with E-state index < -0.39 is 0 Å².